The number of hydrogen-bond donors (Lipinski definition) is 3. The van der Waals surface area contributed by atoms with Gasteiger partial charge in [0.1, 0.15) is 17.7 Å². The molecule has 0 radical (unpaired) electrons. The summed E-state index contributed by atoms with van der Waals surface area (Å²) in [5, 5.41) is 21.2. The van der Waals surface area contributed by atoms with Crippen LogP contribution in [0.2, 0.25) is 0 Å². The summed E-state index contributed by atoms with van der Waals surface area (Å²) >= 11 is 0. The lowest BCUT2D eigenvalue weighted by Gasteiger charge is -2.34. The monoisotopic (exact) mass is 659 g/mol. The number of pyridine rings is 2. The SMILES string of the molecule is CN1CCC(Oc2cccc(-c3cnc(Nc4ccnc(-c5cnn(S(=O)(=O)C6CC6)c5)n4)cc3NC3CCC(C)(O)CC3)n2)CC1. The van der Waals surface area contributed by atoms with Crippen LogP contribution in [0.4, 0.5) is 17.3 Å². The molecule has 0 bridgehead atoms. The minimum absolute atomic E-state index is 0.140. The van der Waals surface area contributed by atoms with E-state index in [1.807, 2.05) is 31.2 Å². The lowest BCUT2D eigenvalue weighted by Crippen LogP contribution is -2.36. The number of nitrogens with one attached hydrogen (secondary N) is 2. The molecule has 1 aliphatic heterocycles. The molecule has 4 aromatic heterocycles. The van der Waals surface area contributed by atoms with E-state index >= 15 is 0 Å². The number of ether oxygens (including phenoxy) is 1. The van der Waals surface area contributed by atoms with Gasteiger partial charge in [-0.2, -0.15) is 9.19 Å². The highest BCUT2D eigenvalue weighted by Crippen LogP contribution is 2.35. The van der Waals surface area contributed by atoms with Crippen molar-refractivity contribution in [3.8, 4) is 28.5 Å². The molecule has 0 atom stereocenters. The van der Waals surface area contributed by atoms with Gasteiger partial charge in [0, 0.05) is 54.9 Å². The Morgan fingerprint density at radius 3 is 2.53 bits per heavy atom. The summed E-state index contributed by atoms with van der Waals surface area (Å²) in [5.74, 6) is 2.01. The molecule has 3 aliphatic rings. The molecule has 14 heteroatoms. The van der Waals surface area contributed by atoms with Gasteiger partial charge in [-0.25, -0.2) is 28.4 Å². The Balaban J connectivity index is 1.13. The van der Waals surface area contributed by atoms with E-state index in [9.17, 15) is 13.5 Å². The lowest BCUT2D eigenvalue weighted by molar-refractivity contribution is 0.0196. The maximum atomic E-state index is 12.6. The molecule has 0 aromatic carbocycles. The summed E-state index contributed by atoms with van der Waals surface area (Å²) in [7, 11) is -1.36. The smallest absolute Gasteiger partial charge is 0.256 e. The zero-order valence-electron chi connectivity index (χ0n) is 26.7. The van der Waals surface area contributed by atoms with Gasteiger partial charge in [-0.1, -0.05) is 6.07 Å². The Hall–Kier alpha value is -4.14. The standard InChI is InChI=1S/C33H41N9O4S/c1-33(43)13-8-23(9-14-33)37-28-18-30(35-20-26(28)27-4-3-5-31(38-27)46-24-11-16-41(2)17-12-24)39-29-10-15-34-32(40-29)22-19-36-42(21-22)47(44,45)25-6-7-25/h3-5,10,15,18-21,23-25,43H,6-9,11-14,16-17H2,1-2H3,(H2,34,35,37,39,40). The maximum absolute atomic E-state index is 12.6. The molecule has 13 nitrogen and oxygen atoms in total. The van der Waals surface area contributed by atoms with Crippen molar-refractivity contribution in [1.29, 1.82) is 0 Å². The van der Waals surface area contributed by atoms with E-state index in [1.165, 1.54) is 12.4 Å². The zero-order chi connectivity index (χ0) is 32.6. The van der Waals surface area contributed by atoms with Crippen LogP contribution in [-0.2, 0) is 10.0 Å². The summed E-state index contributed by atoms with van der Waals surface area (Å²) < 4.78 is 32.5. The van der Waals surface area contributed by atoms with Crippen LogP contribution >= 0.6 is 0 Å². The number of nitrogens with zero attached hydrogens (tertiary/aromatic N) is 7. The number of rotatable bonds is 10. The molecule has 3 N–H and O–H groups in total. The van der Waals surface area contributed by atoms with E-state index in [4.69, 9.17) is 14.7 Å². The molecule has 0 unspecified atom stereocenters. The molecule has 2 aliphatic carbocycles. The first-order chi connectivity index (χ1) is 22.6. The predicted octanol–water partition coefficient (Wildman–Crippen LogP) is 4.46. The van der Waals surface area contributed by atoms with Crippen LogP contribution in [0.15, 0.2) is 55.1 Å². The molecular formula is C33H41N9O4S. The molecule has 7 rings (SSSR count). The van der Waals surface area contributed by atoms with Crippen LogP contribution in [-0.4, -0.2) is 90.7 Å². The summed E-state index contributed by atoms with van der Waals surface area (Å²) in [4.78, 5) is 20.9. The Bertz CT molecular complexity index is 1830. The summed E-state index contributed by atoms with van der Waals surface area (Å²) in [5.41, 5.74) is 2.32. The Kier molecular flexibility index (Phi) is 8.57. The number of hydrogen-bond acceptors (Lipinski definition) is 12. The van der Waals surface area contributed by atoms with Gasteiger partial charge in [0.15, 0.2) is 5.82 Å². The van der Waals surface area contributed by atoms with Crippen molar-refractivity contribution in [1.82, 2.24) is 34.0 Å². The number of aliphatic hydroxyl groups is 1. The van der Waals surface area contributed by atoms with Gasteiger partial charge in [-0.3, -0.25) is 0 Å². The van der Waals surface area contributed by atoms with Gasteiger partial charge in [0.25, 0.3) is 10.0 Å². The van der Waals surface area contributed by atoms with E-state index in [0.717, 1.165) is 72.6 Å². The highest BCUT2D eigenvalue weighted by Gasteiger charge is 2.37. The van der Waals surface area contributed by atoms with Crippen molar-refractivity contribution >= 4 is 27.3 Å². The van der Waals surface area contributed by atoms with Gasteiger partial charge in [-0.15, -0.1) is 0 Å². The number of aromatic nitrogens is 6. The van der Waals surface area contributed by atoms with Crippen LogP contribution in [0.3, 0.4) is 0 Å². The molecule has 1 saturated heterocycles. The Labute approximate surface area is 274 Å². The molecule has 5 heterocycles. The van der Waals surface area contributed by atoms with Crippen LogP contribution < -0.4 is 15.4 Å². The van der Waals surface area contributed by atoms with E-state index < -0.39 is 15.6 Å². The number of anilines is 3. The van der Waals surface area contributed by atoms with Crippen LogP contribution in [0.25, 0.3) is 22.6 Å². The normalized spacial score (nSPS) is 22.6. The zero-order valence-corrected chi connectivity index (χ0v) is 27.5. The van der Waals surface area contributed by atoms with E-state index in [1.54, 1.807) is 18.5 Å². The third kappa shape index (κ3) is 7.39. The lowest BCUT2D eigenvalue weighted by atomic mass is 9.83. The fourth-order valence-electron chi connectivity index (χ4n) is 6.13. The molecule has 47 heavy (non-hydrogen) atoms. The fourth-order valence-corrected chi connectivity index (χ4v) is 7.61. The average molecular weight is 660 g/mol. The average Bonchev–Trinajstić information content (AvgIpc) is 3.80. The second kappa shape index (κ2) is 12.8. The molecule has 2 saturated carbocycles. The topological polar surface area (TPSA) is 160 Å². The first-order valence-electron chi connectivity index (χ1n) is 16.3. The Morgan fingerprint density at radius 2 is 1.77 bits per heavy atom. The van der Waals surface area contributed by atoms with Gasteiger partial charge in [-0.05, 0) is 77.5 Å². The van der Waals surface area contributed by atoms with E-state index in [2.05, 4.69) is 37.6 Å². The largest absolute Gasteiger partial charge is 0.474 e. The highest BCUT2D eigenvalue weighted by atomic mass is 32.2. The summed E-state index contributed by atoms with van der Waals surface area (Å²) in [6.07, 6.45) is 12.8. The van der Waals surface area contributed by atoms with Crippen molar-refractivity contribution in [2.24, 2.45) is 0 Å². The van der Waals surface area contributed by atoms with Crippen molar-refractivity contribution in [3.05, 3.63) is 55.1 Å². The molecule has 248 valence electrons. The quantitative estimate of drug-likeness (QED) is 0.220. The third-order valence-electron chi connectivity index (χ3n) is 9.22. The summed E-state index contributed by atoms with van der Waals surface area (Å²) in [6, 6.07) is 9.67. The van der Waals surface area contributed by atoms with Gasteiger partial charge in [0.05, 0.1) is 34.5 Å². The van der Waals surface area contributed by atoms with E-state index in [-0.39, 0.29) is 17.4 Å². The minimum atomic E-state index is -3.49. The second-order valence-electron chi connectivity index (χ2n) is 13.2. The van der Waals surface area contributed by atoms with Gasteiger partial charge in [0.2, 0.25) is 5.88 Å². The van der Waals surface area contributed by atoms with Crippen molar-refractivity contribution in [2.45, 2.75) is 81.3 Å². The Morgan fingerprint density at radius 1 is 0.979 bits per heavy atom. The molecule has 3 fully saturated rings. The van der Waals surface area contributed by atoms with E-state index in [0.29, 0.717) is 41.7 Å². The fraction of sp³-hybridized carbons (Fsp3) is 0.485. The van der Waals surface area contributed by atoms with Gasteiger partial charge >= 0.3 is 0 Å². The first-order valence-corrected chi connectivity index (χ1v) is 17.8. The van der Waals surface area contributed by atoms with Gasteiger partial charge < -0.3 is 25.4 Å². The second-order valence-corrected chi connectivity index (χ2v) is 15.3. The predicted molar refractivity (Wildman–Crippen MR) is 179 cm³/mol. The molecule has 0 spiro atoms. The molecular weight excluding hydrogens is 618 g/mol. The maximum Gasteiger partial charge on any atom is 0.256 e. The third-order valence-corrected chi connectivity index (χ3v) is 11.3. The van der Waals surface area contributed by atoms with Crippen LogP contribution in [0.1, 0.15) is 58.3 Å². The highest BCUT2D eigenvalue weighted by molar-refractivity contribution is 7.90. The molecule has 4 aromatic rings. The molecule has 0 amide bonds. The number of likely N-dealkylation sites (tertiary alicyclic amines) is 1. The van der Waals surface area contributed by atoms with Crippen LogP contribution in [0, 0.1) is 0 Å². The van der Waals surface area contributed by atoms with Crippen molar-refractivity contribution in [3.63, 3.8) is 0 Å². The number of piperidine rings is 1. The minimum Gasteiger partial charge on any atom is -0.474 e. The van der Waals surface area contributed by atoms with Crippen LogP contribution in [0.5, 0.6) is 5.88 Å². The first kappa shape index (κ1) is 31.5. The van der Waals surface area contributed by atoms with Crippen molar-refractivity contribution < 1.29 is 18.3 Å². The van der Waals surface area contributed by atoms with Crippen molar-refractivity contribution in [2.75, 3.05) is 30.8 Å². The summed E-state index contributed by atoms with van der Waals surface area (Å²) in [6.45, 7) is 3.91.